The Kier molecular flexibility index (Phi) is 11.8. The molecule has 1 aromatic rings. The largest absolute Gasteiger partial charge is 0.469 e. The summed E-state index contributed by atoms with van der Waals surface area (Å²) in [5.74, 6) is -3.29. The van der Waals surface area contributed by atoms with Crippen molar-refractivity contribution in [2.24, 2.45) is 5.16 Å². The number of nitrogens with one attached hydrogen (secondary N) is 2. The van der Waals surface area contributed by atoms with E-state index in [1.807, 2.05) is 0 Å². The molecule has 0 bridgehead atoms. The van der Waals surface area contributed by atoms with Gasteiger partial charge in [-0.15, -0.1) is 0 Å². The van der Waals surface area contributed by atoms with E-state index in [2.05, 4.69) is 20.3 Å². The molecular formula is C27H35N3O11. The molecule has 1 unspecified atom stereocenters. The van der Waals surface area contributed by atoms with Crippen LogP contribution in [0.15, 0.2) is 16.3 Å². The number of aromatic nitrogens is 1. The molecule has 1 aromatic heterocycles. The first-order valence-electron chi connectivity index (χ1n) is 12.6. The van der Waals surface area contributed by atoms with Gasteiger partial charge in [-0.25, -0.2) is 4.79 Å². The molecule has 224 valence electrons. The van der Waals surface area contributed by atoms with Gasteiger partial charge < -0.3 is 34.1 Å². The highest BCUT2D eigenvalue weighted by Crippen LogP contribution is 2.36. The molecule has 0 radical (unpaired) electrons. The van der Waals surface area contributed by atoms with Gasteiger partial charge in [-0.2, -0.15) is 0 Å². The molecular weight excluding hydrogens is 542 g/mol. The van der Waals surface area contributed by atoms with Crippen LogP contribution < -0.4 is 5.32 Å². The van der Waals surface area contributed by atoms with Gasteiger partial charge in [-0.1, -0.05) is 5.16 Å². The number of nitrogens with zero attached hydrogens (tertiary/aromatic N) is 1. The Hall–Kier alpha value is -4.49. The SMILES string of the molecule is COC(=O)CCC1=C(CC(=O)OC)C(C)(Cc2[nH]c(/C=N/OC(C)=O)c(CCC(=O)OC)c2CC(=O)OC)NC1=O. The highest BCUT2D eigenvalue weighted by molar-refractivity contribution is 6.00. The number of ether oxygens (including phenoxy) is 4. The van der Waals surface area contributed by atoms with Gasteiger partial charge in [-0.05, 0) is 36.5 Å². The molecule has 0 fully saturated rings. The Labute approximate surface area is 236 Å². The van der Waals surface area contributed by atoms with E-state index < -0.39 is 41.3 Å². The second-order valence-electron chi connectivity index (χ2n) is 9.37. The quantitative estimate of drug-likeness (QED) is 0.105. The van der Waals surface area contributed by atoms with E-state index >= 15 is 0 Å². The number of amides is 1. The molecule has 2 rings (SSSR count). The highest BCUT2D eigenvalue weighted by atomic mass is 16.7. The number of carbonyl (C=O) groups excluding carboxylic acids is 6. The van der Waals surface area contributed by atoms with Gasteiger partial charge in [0.25, 0.3) is 0 Å². The van der Waals surface area contributed by atoms with Crippen LogP contribution in [0.25, 0.3) is 0 Å². The van der Waals surface area contributed by atoms with Gasteiger partial charge in [0, 0.05) is 37.5 Å². The van der Waals surface area contributed by atoms with Crippen LogP contribution in [0.3, 0.4) is 0 Å². The van der Waals surface area contributed by atoms with E-state index in [9.17, 15) is 28.8 Å². The molecule has 1 aliphatic rings. The summed E-state index contributed by atoms with van der Waals surface area (Å²) >= 11 is 0. The molecule has 1 atom stereocenters. The lowest BCUT2D eigenvalue weighted by molar-refractivity contribution is -0.141. The molecule has 0 aliphatic carbocycles. The number of H-pyrrole nitrogens is 1. The van der Waals surface area contributed by atoms with E-state index in [-0.39, 0.29) is 50.5 Å². The van der Waals surface area contributed by atoms with Gasteiger partial charge in [0.2, 0.25) is 5.91 Å². The summed E-state index contributed by atoms with van der Waals surface area (Å²) in [5.41, 5.74) is 1.34. The van der Waals surface area contributed by atoms with Crippen LogP contribution in [0.4, 0.5) is 0 Å². The van der Waals surface area contributed by atoms with Crippen LogP contribution >= 0.6 is 0 Å². The minimum atomic E-state index is -1.14. The highest BCUT2D eigenvalue weighted by Gasteiger charge is 2.43. The lowest BCUT2D eigenvalue weighted by Crippen LogP contribution is -2.44. The summed E-state index contributed by atoms with van der Waals surface area (Å²) < 4.78 is 19.2. The zero-order chi connectivity index (χ0) is 30.7. The van der Waals surface area contributed by atoms with Gasteiger partial charge in [0.1, 0.15) is 0 Å². The lowest BCUT2D eigenvalue weighted by Gasteiger charge is -2.28. The average Bonchev–Trinajstić information content (AvgIpc) is 3.36. The van der Waals surface area contributed by atoms with Crippen molar-refractivity contribution in [1.82, 2.24) is 10.3 Å². The van der Waals surface area contributed by atoms with Crippen LogP contribution in [0.5, 0.6) is 0 Å². The third kappa shape index (κ3) is 8.75. The van der Waals surface area contributed by atoms with Crippen LogP contribution in [-0.4, -0.2) is 80.9 Å². The maximum Gasteiger partial charge on any atom is 0.331 e. The Morgan fingerprint density at radius 2 is 1.39 bits per heavy atom. The molecule has 0 saturated carbocycles. The summed E-state index contributed by atoms with van der Waals surface area (Å²) in [7, 11) is 4.94. The summed E-state index contributed by atoms with van der Waals surface area (Å²) in [6.45, 7) is 2.88. The number of hydrogen-bond donors (Lipinski definition) is 2. The molecule has 0 saturated heterocycles. The van der Waals surface area contributed by atoms with Crippen molar-refractivity contribution < 1.29 is 52.6 Å². The van der Waals surface area contributed by atoms with Gasteiger partial charge >= 0.3 is 29.8 Å². The van der Waals surface area contributed by atoms with Crippen LogP contribution in [0.1, 0.15) is 62.0 Å². The van der Waals surface area contributed by atoms with Crippen molar-refractivity contribution in [3.8, 4) is 0 Å². The predicted octanol–water partition coefficient (Wildman–Crippen LogP) is 0.977. The number of oxime groups is 1. The van der Waals surface area contributed by atoms with Gasteiger partial charge in [0.15, 0.2) is 0 Å². The zero-order valence-corrected chi connectivity index (χ0v) is 24.0. The Morgan fingerprint density at radius 1 is 0.829 bits per heavy atom. The van der Waals surface area contributed by atoms with E-state index in [4.69, 9.17) is 18.9 Å². The van der Waals surface area contributed by atoms with Gasteiger partial charge in [-0.3, -0.25) is 24.0 Å². The molecule has 1 amide bonds. The molecule has 14 heteroatoms. The third-order valence-corrected chi connectivity index (χ3v) is 6.64. The zero-order valence-electron chi connectivity index (χ0n) is 24.0. The predicted molar refractivity (Wildman–Crippen MR) is 141 cm³/mol. The van der Waals surface area contributed by atoms with Crippen molar-refractivity contribution in [2.45, 2.75) is 64.3 Å². The standard InChI is InChI=1S/C27H35N3O11/c1-15(31)41-28-14-21-16(7-9-22(32)37-3)18(11-24(34)39-5)20(29-21)13-27(2)19(12-25(35)40-6)17(26(36)30-27)8-10-23(33)38-4/h14,29H,7-13H2,1-6H3,(H,30,36)/b28-14+. The first kappa shape index (κ1) is 32.7. The normalized spacial score (nSPS) is 16.4. The van der Waals surface area contributed by atoms with Crippen molar-refractivity contribution >= 4 is 42.0 Å². The van der Waals surface area contributed by atoms with Crippen molar-refractivity contribution in [2.75, 3.05) is 28.4 Å². The minimum Gasteiger partial charge on any atom is -0.469 e. The number of carbonyl (C=O) groups is 6. The number of methoxy groups -OCH3 is 4. The summed E-state index contributed by atoms with van der Waals surface area (Å²) in [4.78, 5) is 80.7. The Bertz CT molecular complexity index is 1260. The fraction of sp³-hybridized carbons (Fsp3) is 0.519. The maximum atomic E-state index is 13.1. The fourth-order valence-electron chi connectivity index (χ4n) is 4.60. The first-order chi connectivity index (χ1) is 19.4. The minimum absolute atomic E-state index is 0.0322. The molecule has 0 spiro atoms. The monoisotopic (exact) mass is 577 g/mol. The molecule has 2 heterocycles. The summed E-state index contributed by atoms with van der Waals surface area (Å²) in [6.07, 6.45) is 0.924. The first-order valence-corrected chi connectivity index (χ1v) is 12.6. The molecule has 1 aliphatic heterocycles. The van der Waals surface area contributed by atoms with E-state index in [0.717, 1.165) is 0 Å². The number of aromatic amines is 1. The van der Waals surface area contributed by atoms with Gasteiger partial charge in [0.05, 0.1) is 58.7 Å². The molecule has 0 aromatic carbocycles. The average molecular weight is 578 g/mol. The van der Waals surface area contributed by atoms with Crippen molar-refractivity contribution in [3.63, 3.8) is 0 Å². The van der Waals surface area contributed by atoms with Crippen LogP contribution in [0, 0.1) is 0 Å². The third-order valence-electron chi connectivity index (χ3n) is 6.64. The van der Waals surface area contributed by atoms with E-state index in [1.165, 1.54) is 41.6 Å². The second-order valence-corrected chi connectivity index (χ2v) is 9.37. The van der Waals surface area contributed by atoms with Crippen LogP contribution in [0.2, 0.25) is 0 Å². The van der Waals surface area contributed by atoms with E-state index in [1.54, 1.807) is 6.92 Å². The summed E-state index contributed by atoms with van der Waals surface area (Å²) in [6, 6.07) is 0. The molecule has 2 N–H and O–H groups in total. The number of hydrogen-bond acceptors (Lipinski definition) is 12. The summed E-state index contributed by atoms with van der Waals surface area (Å²) in [5, 5.41) is 6.57. The second kappa shape index (κ2) is 14.8. The molecule has 41 heavy (non-hydrogen) atoms. The number of rotatable bonds is 14. The Morgan fingerprint density at radius 3 is 1.95 bits per heavy atom. The van der Waals surface area contributed by atoms with E-state index in [0.29, 0.717) is 28.1 Å². The maximum absolute atomic E-state index is 13.1. The number of esters is 4. The van der Waals surface area contributed by atoms with Crippen molar-refractivity contribution in [3.05, 3.63) is 33.7 Å². The molecule has 14 nitrogen and oxygen atoms in total. The smallest absolute Gasteiger partial charge is 0.331 e. The lowest BCUT2D eigenvalue weighted by atomic mass is 9.83. The van der Waals surface area contributed by atoms with Crippen LogP contribution in [-0.2, 0) is 71.8 Å². The Balaban J connectivity index is 2.66. The van der Waals surface area contributed by atoms with Crippen molar-refractivity contribution in [1.29, 1.82) is 0 Å². The fourth-order valence-corrected chi connectivity index (χ4v) is 4.60. The topological polar surface area (TPSA) is 189 Å².